The number of hydrogen-bond acceptors (Lipinski definition) is 5. The number of carbonyl (C=O) groups is 2. The number of Topliss-reactive ketones (excluding diaryl/α,β-unsaturated/α-hetero) is 1. The Morgan fingerprint density at radius 3 is 2.41 bits per heavy atom. The Balaban J connectivity index is 1.39. The molecule has 1 aliphatic heterocycles. The largest absolute Gasteiger partial charge is 0.486 e. The molecular formula is C25H22F3NO5. The molecule has 4 rings (SSSR count). The highest BCUT2D eigenvalue weighted by Crippen LogP contribution is 2.32. The fourth-order valence-electron chi connectivity index (χ4n) is 3.81. The Bertz CT molecular complexity index is 1210. The molecule has 0 saturated carbocycles. The number of ketones is 1. The van der Waals surface area contributed by atoms with Gasteiger partial charge in [0, 0.05) is 17.0 Å². The van der Waals surface area contributed by atoms with Crippen molar-refractivity contribution in [3.63, 3.8) is 0 Å². The number of hydrogen-bond donors (Lipinski definition) is 0. The first-order valence-corrected chi connectivity index (χ1v) is 10.6. The van der Waals surface area contributed by atoms with Crippen LogP contribution in [0.25, 0.3) is 0 Å². The van der Waals surface area contributed by atoms with Gasteiger partial charge in [0.25, 0.3) is 0 Å². The fraction of sp³-hybridized carbons (Fsp3) is 0.280. The van der Waals surface area contributed by atoms with Gasteiger partial charge in [-0.1, -0.05) is 12.1 Å². The van der Waals surface area contributed by atoms with Crippen molar-refractivity contribution in [2.45, 2.75) is 32.7 Å². The quantitative estimate of drug-likeness (QED) is 0.372. The summed E-state index contributed by atoms with van der Waals surface area (Å²) in [5.41, 5.74) is 0.979. The Kier molecular flexibility index (Phi) is 6.37. The van der Waals surface area contributed by atoms with Crippen LogP contribution >= 0.6 is 0 Å². The predicted octanol–water partition coefficient (Wildman–Crippen LogP) is 5.00. The molecular weight excluding hydrogens is 451 g/mol. The van der Waals surface area contributed by atoms with Crippen LogP contribution < -0.4 is 9.47 Å². The zero-order valence-corrected chi connectivity index (χ0v) is 18.5. The molecule has 0 spiro atoms. The van der Waals surface area contributed by atoms with Gasteiger partial charge in [0.1, 0.15) is 6.61 Å². The average Bonchev–Trinajstić information content (AvgIpc) is 3.10. The minimum Gasteiger partial charge on any atom is -0.486 e. The lowest BCUT2D eigenvalue weighted by Gasteiger charge is -2.27. The SMILES string of the molecule is Cc1cc(C(=O)COC(=O)c2ccc(C(F)(F)F)cc2)c(C)n1CC1COc2ccccc2O1. The molecule has 1 aliphatic rings. The van der Waals surface area contributed by atoms with Crippen molar-refractivity contribution in [1.82, 2.24) is 4.57 Å². The van der Waals surface area contributed by atoms with Crippen LogP contribution in [0, 0.1) is 13.8 Å². The fourth-order valence-corrected chi connectivity index (χ4v) is 3.81. The van der Waals surface area contributed by atoms with Crippen molar-refractivity contribution >= 4 is 11.8 Å². The summed E-state index contributed by atoms with van der Waals surface area (Å²) in [5.74, 6) is 0.0613. The van der Waals surface area contributed by atoms with E-state index in [9.17, 15) is 22.8 Å². The number of nitrogens with zero attached hydrogens (tertiary/aromatic N) is 1. The van der Waals surface area contributed by atoms with E-state index in [0.29, 0.717) is 35.9 Å². The van der Waals surface area contributed by atoms with Gasteiger partial charge in [-0.05, 0) is 56.3 Å². The van der Waals surface area contributed by atoms with Crippen molar-refractivity contribution in [1.29, 1.82) is 0 Å². The van der Waals surface area contributed by atoms with Crippen LogP contribution in [0.1, 0.15) is 37.7 Å². The molecule has 0 N–H and O–H groups in total. The summed E-state index contributed by atoms with van der Waals surface area (Å²) < 4.78 is 56.7. The number of fused-ring (bicyclic) bond motifs is 1. The lowest BCUT2D eigenvalue weighted by atomic mass is 10.1. The number of halogens is 3. The zero-order chi connectivity index (χ0) is 24.5. The van der Waals surface area contributed by atoms with E-state index in [1.54, 1.807) is 13.0 Å². The monoisotopic (exact) mass is 473 g/mol. The van der Waals surface area contributed by atoms with Crippen molar-refractivity contribution < 1.29 is 37.0 Å². The molecule has 0 aliphatic carbocycles. The Morgan fingerprint density at radius 2 is 1.74 bits per heavy atom. The van der Waals surface area contributed by atoms with Gasteiger partial charge in [-0.2, -0.15) is 13.2 Å². The van der Waals surface area contributed by atoms with E-state index in [4.69, 9.17) is 14.2 Å². The molecule has 1 atom stereocenters. The molecule has 1 unspecified atom stereocenters. The third kappa shape index (κ3) is 4.93. The number of aryl methyl sites for hydroxylation is 1. The van der Waals surface area contributed by atoms with E-state index < -0.39 is 30.1 Å². The standard InChI is InChI=1S/C25H22F3NO5/c1-15-11-20(16(2)29(15)12-19-13-32-22-5-3-4-6-23(22)34-19)21(30)14-33-24(31)17-7-9-18(10-8-17)25(26,27)28/h3-11,19H,12-14H2,1-2H3. The number of benzene rings is 2. The topological polar surface area (TPSA) is 66.8 Å². The first-order chi connectivity index (χ1) is 16.1. The van der Waals surface area contributed by atoms with E-state index in [1.807, 2.05) is 35.8 Å². The maximum absolute atomic E-state index is 12.7. The summed E-state index contributed by atoms with van der Waals surface area (Å²) in [6.07, 6.45) is -4.75. The number of alkyl halides is 3. The summed E-state index contributed by atoms with van der Waals surface area (Å²) in [5, 5.41) is 0. The van der Waals surface area contributed by atoms with Crippen molar-refractivity contribution in [2.24, 2.45) is 0 Å². The maximum Gasteiger partial charge on any atom is 0.416 e. The molecule has 178 valence electrons. The van der Waals surface area contributed by atoms with E-state index in [0.717, 1.165) is 30.0 Å². The zero-order valence-electron chi connectivity index (χ0n) is 18.5. The number of aromatic nitrogens is 1. The lowest BCUT2D eigenvalue weighted by molar-refractivity contribution is -0.137. The molecule has 0 bridgehead atoms. The predicted molar refractivity (Wildman–Crippen MR) is 116 cm³/mol. The highest BCUT2D eigenvalue weighted by Gasteiger charge is 2.30. The third-order valence-electron chi connectivity index (χ3n) is 5.61. The van der Waals surface area contributed by atoms with E-state index in [-0.39, 0.29) is 11.7 Å². The van der Waals surface area contributed by atoms with Gasteiger partial charge in [0.15, 0.2) is 24.2 Å². The van der Waals surface area contributed by atoms with E-state index in [1.165, 1.54) is 0 Å². The first-order valence-electron chi connectivity index (χ1n) is 10.6. The molecule has 0 radical (unpaired) electrons. The first kappa shape index (κ1) is 23.4. The Labute approximate surface area is 193 Å². The average molecular weight is 473 g/mol. The second-order valence-corrected chi connectivity index (χ2v) is 7.97. The molecule has 34 heavy (non-hydrogen) atoms. The summed E-state index contributed by atoms with van der Waals surface area (Å²) in [7, 11) is 0. The molecule has 2 heterocycles. The van der Waals surface area contributed by atoms with Crippen molar-refractivity contribution in [2.75, 3.05) is 13.2 Å². The number of rotatable bonds is 6. The normalized spacial score (nSPS) is 15.1. The van der Waals surface area contributed by atoms with Gasteiger partial charge in [-0.3, -0.25) is 4.79 Å². The van der Waals surface area contributed by atoms with Crippen LogP contribution in [-0.4, -0.2) is 35.6 Å². The van der Waals surface area contributed by atoms with Crippen LogP contribution in [0.15, 0.2) is 54.6 Å². The third-order valence-corrected chi connectivity index (χ3v) is 5.61. The highest BCUT2D eigenvalue weighted by molar-refractivity contribution is 6.00. The molecule has 3 aromatic rings. The lowest BCUT2D eigenvalue weighted by Crippen LogP contribution is -2.33. The number of esters is 1. The van der Waals surface area contributed by atoms with Gasteiger partial charge in [-0.15, -0.1) is 0 Å². The Morgan fingerprint density at radius 1 is 1.06 bits per heavy atom. The van der Waals surface area contributed by atoms with Crippen LogP contribution in [0.5, 0.6) is 11.5 Å². The summed E-state index contributed by atoms with van der Waals surface area (Å²) in [6, 6.07) is 12.7. The van der Waals surface area contributed by atoms with E-state index >= 15 is 0 Å². The smallest absolute Gasteiger partial charge is 0.416 e. The van der Waals surface area contributed by atoms with Crippen LogP contribution in [0.3, 0.4) is 0 Å². The van der Waals surface area contributed by atoms with Gasteiger partial charge in [0.05, 0.1) is 17.7 Å². The van der Waals surface area contributed by atoms with Gasteiger partial charge in [0.2, 0.25) is 5.78 Å². The van der Waals surface area contributed by atoms with Gasteiger partial charge >= 0.3 is 12.1 Å². The Hall–Kier alpha value is -3.75. The number of para-hydroxylation sites is 2. The van der Waals surface area contributed by atoms with Gasteiger partial charge in [-0.25, -0.2) is 4.79 Å². The highest BCUT2D eigenvalue weighted by atomic mass is 19.4. The summed E-state index contributed by atoms with van der Waals surface area (Å²) in [4.78, 5) is 24.9. The number of carbonyl (C=O) groups excluding carboxylic acids is 2. The van der Waals surface area contributed by atoms with Crippen LogP contribution in [-0.2, 0) is 17.5 Å². The van der Waals surface area contributed by atoms with Gasteiger partial charge < -0.3 is 18.8 Å². The summed E-state index contributed by atoms with van der Waals surface area (Å²) in [6.45, 7) is 3.94. The molecule has 0 fully saturated rings. The minimum atomic E-state index is -4.50. The molecule has 0 amide bonds. The minimum absolute atomic E-state index is 0.0685. The molecule has 1 aromatic heterocycles. The van der Waals surface area contributed by atoms with E-state index in [2.05, 4.69) is 0 Å². The second-order valence-electron chi connectivity index (χ2n) is 7.97. The molecule has 6 nitrogen and oxygen atoms in total. The molecule has 2 aromatic carbocycles. The molecule has 9 heteroatoms. The van der Waals surface area contributed by atoms with Crippen molar-refractivity contribution in [3.05, 3.63) is 82.7 Å². The second kappa shape index (κ2) is 9.24. The van der Waals surface area contributed by atoms with Crippen LogP contribution in [0.4, 0.5) is 13.2 Å². The van der Waals surface area contributed by atoms with Crippen LogP contribution in [0.2, 0.25) is 0 Å². The summed E-state index contributed by atoms with van der Waals surface area (Å²) >= 11 is 0. The van der Waals surface area contributed by atoms with Crippen molar-refractivity contribution in [3.8, 4) is 11.5 Å². The number of ether oxygens (including phenoxy) is 3. The molecule has 0 saturated heterocycles. The maximum atomic E-state index is 12.7.